The third-order valence-electron chi connectivity index (χ3n) is 2.78. The minimum absolute atomic E-state index is 0.106. The molecule has 1 saturated heterocycles. The van der Waals surface area contributed by atoms with Crippen molar-refractivity contribution < 1.29 is 13.2 Å². The van der Waals surface area contributed by atoms with Crippen LogP contribution in [0.3, 0.4) is 0 Å². The predicted octanol–water partition coefficient (Wildman–Crippen LogP) is 0.462. The average Bonchev–Trinajstić information content (AvgIpc) is 2.28. The monoisotopic (exact) mass is 271 g/mol. The van der Waals surface area contributed by atoms with Gasteiger partial charge < -0.3 is 10.5 Å². The van der Waals surface area contributed by atoms with Crippen LogP contribution in [0, 0.1) is 0 Å². The van der Waals surface area contributed by atoms with Gasteiger partial charge >= 0.3 is 0 Å². The lowest BCUT2D eigenvalue weighted by Crippen LogP contribution is -2.48. The quantitative estimate of drug-likeness (QED) is 0.844. The van der Waals surface area contributed by atoms with Gasteiger partial charge in [-0.25, -0.2) is 13.4 Å². The third kappa shape index (κ3) is 2.63. The van der Waals surface area contributed by atoms with Gasteiger partial charge in [-0.2, -0.15) is 4.31 Å². The molecule has 6 nitrogen and oxygen atoms in total. The number of nitrogens with two attached hydrogens (primary N) is 1. The second kappa shape index (κ2) is 4.83. The summed E-state index contributed by atoms with van der Waals surface area (Å²) in [5, 5.41) is 0. The SMILES string of the molecule is CC1CN(S(=O)(=O)c2ccc(N)nc2)CC(C)O1. The lowest BCUT2D eigenvalue weighted by molar-refractivity contribution is -0.0440. The first-order chi connectivity index (χ1) is 8.39. The molecule has 1 aromatic heterocycles. The Morgan fingerprint density at radius 2 is 1.94 bits per heavy atom. The zero-order chi connectivity index (χ0) is 13.3. The minimum Gasteiger partial charge on any atom is -0.384 e. The fourth-order valence-corrected chi connectivity index (χ4v) is 3.56. The van der Waals surface area contributed by atoms with Crippen LogP contribution in [0.25, 0.3) is 0 Å². The third-order valence-corrected chi connectivity index (χ3v) is 4.60. The highest BCUT2D eigenvalue weighted by molar-refractivity contribution is 7.89. The van der Waals surface area contributed by atoms with Crippen molar-refractivity contribution in [3.05, 3.63) is 18.3 Å². The van der Waals surface area contributed by atoms with E-state index in [1.54, 1.807) is 0 Å². The van der Waals surface area contributed by atoms with Gasteiger partial charge in [0.2, 0.25) is 10.0 Å². The molecule has 18 heavy (non-hydrogen) atoms. The van der Waals surface area contributed by atoms with Crippen LogP contribution in [0.4, 0.5) is 5.82 Å². The number of aromatic nitrogens is 1. The first kappa shape index (κ1) is 13.3. The van der Waals surface area contributed by atoms with Crippen LogP contribution >= 0.6 is 0 Å². The first-order valence-corrected chi connectivity index (χ1v) is 7.20. The molecule has 0 bridgehead atoms. The van der Waals surface area contributed by atoms with Crippen molar-refractivity contribution in [2.75, 3.05) is 18.8 Å². The number of sulfonamides is 1. The van der Waals surface area contributed by atoms with E-state index < -0.39 is 10.0 Å². The molecule has 0 amide bonds. The summed E-state index contributed by atoms with van der Waals surface area (Å²) in [6.07, 6.45) is 1.07. The number of ether oxygens (including phenoxy) is 1. The van der Waals surface area contributed by atoms with E-state index in [1.165, 1.54) is 22.6 Å². The Bertz CT molecular complexity index is 505. The highest BCUT2D eigenvalue weighted by Gasteiger charge is 2.32. The summed E-state index contributed by atoms with van der Waals surface area (Å²) in [6, 6.07) is 2.96. The van der Waals surface area contributed by atoms with Gasteiger partial charge in [0, 0.05) is 19.3 Å². The number of pyridine rings is 1. The molecule has 2 rings (SSSR count). The largest absolute Gasteiger partial charge is 0.384 e. The van der Waals surface area contributed by atoms with Crippen LogP contribution in [0.2, 0.25) is 0 Å². The van der Waals surface area contributed by atoms with Crippen molar-refractivity contribution in [1.82, 2.24) is 9.29 Å². The highest BCUT2D eigenvalue weighted by Crippen LogP contribution is 2.20. The number of nitrogen functional groups attached to an aromatic ring is 1. The fourth-order valence-electron chi connectivity index (χ4n) is 2.02. The number of morpholine rings is 1. The highest BCUT2D eigenvalue weighted by atomic mass is 32.2. The minimum atomic E-state index is -3.51. The molecule has 2 atom stereocenters. The van der Waals surface area contributed by atoms with E-state index >= 15 is 0 Å². The molecule has 1 aromatic rings. The molecule has 0 saturated carbocycles. The topological polar surface area (TPSA) is 85.5 Å². The van der Waals surface area contributed by atoms with Gasteiger partial charge in [-0.15, -0.1) is 0 Å². The first-order valence-electron chi connectivity index (χ1n) is 5.76. The van der Waals surface area contributed by atoms with E-state index in [-0.39, 0.29) is 17.1 Å². The Kier molecular flexibility index (Phi) is 3.56. The summed E-state index contributed by atoms with van der Waals surface area (Å²) in [4.78, 5) is 3.98. The van der Waals surface area contributed by atoms with Crippen LogP contribution in [0.1, 0.15) is 13.8 Å². The molecule has 1 aliphatic rings. The molecule has 0 spiro atoms. The average molecular weight is 271 g/mol. The number of nitrogens with zero attached hydrogens (tertiary/aromatic N) is 2. The molecule has 1 fully saturated rings. The Balaban J connectivity index is 2.28. The number of anilines is 1. The van der Waals surface area contributed by atoms with E-state index in [2.05, 4.69) is 4.98 Å². The van der Waals surface area contributed by atoms with Crippen LogP contribution in [0.15, 0.2) is 23.2 Å². The lowest BCUT2D eigenvalue weighted by atomic mass is 10.3. The van der Waals surface area contributed by atoms with Gasteiger partial charge in [-0.1, -0.05) is 0 Å². The Morgan fingerprint density at radius 3 is 2.44 bits per heavy atom. The van der Waals surface area contributed by atoms with Crippen LogP contribution < -0.4 is 5.73 Å². The molecule has 0 aromatic carbocycles. The molecule has 2 N–H and O–H groups in total. The lowest BCUT2D eigenvalue weighted by Gasteiger charge is -2.34. The van der Waals surface area contributed by atoms with Crippen LogP contribution in [-0.4, -0.2) is 43.0 Å². The molecule has 0 aliphatic carbocycles. The summed E-state index contributed by atoms with van der Waals surface area (Å²) in [5.74, 6) is 0.303. The predicted molar refractivity (Wildman–Crippen MR) is 67.4 cm³/mol. The molecular weight excluding hydrogens is 254 g/mol. The summed E-state index contributed by atoms with van der Waals surface area (Å²) in [7, 11) is -3.51. The zero-order valence-corrected chi connectivity index (χ0v) is 11.2. The van der Waals surface area contributed by atoms with Crippen molar-refractivity contribution in [2.24, 2.45) is 0 Å². The summed E-state index contributed by atoms with van der Waals surface area (Å²) in [5.41, 5.74) is 5.45. The molecule has 2 unspecified atom stereocenters. The van der Waals surface area contributed by atoms with Crippen molar-refractivity contribution in [1.29, 1.82) is 0 Å². The second-order valence-electron chi connectivity index (χ2n) is 4.50. The maximum absolute atomic E-state index is 12.4. The van der Waals surface area contributed by atoms with Gasteiger partial charge in [0.15, 0.2) is 0 Å². The van der Waals surface area contributed by atoms with E-state index in [4.69, 9.17) is 10.5 Å². The maximum Gasteiger partial charge on any atom is 0.244 e. The molecular formula is C11H17N3O3S. The molecule has 7 heteroatoms. The summed E-state index contributed by atoms with van der Waals surface area (Å²) < 4.78 is 31.7. The molecule has 100 valence electrons. The van der Waals surface area contributed by atoms with Gasteiger partial charge in [0.25, 0.3) is 0 Å². The van der Waals surface area contributed by atoms with Gasteiger partial charge in [-0.3, -0.25) is 0 Å². The number of hydrogen-bond donors (Lipinski definition) is 1. The van der Waals surface area contributed by atoms with Crippen molar-refractivity contribution in [3.63, 3.8) is 0 Å². The summed E-state index contributed by atoms with van der Waals surface area (Å²) >= 11 is 0. The van der Waals surface area contributed by atoms with Gasteiger partial charge in [-0.05, 0) is 26.0 Å². The second-order valence-corrected chi connectivity index (χ2v) is 6.44. The standard InChI is InChI=1S/C11H17N3O3S/c1-8-6-14(7-9(2)17-8)18(15,16)10-3-4-11(12)13-5-10/h3-5,8-9H,6-7H2,1-2H3,(H2,12,13). The van der Waals surface area contributed by atoms with Gasteiger partial charge in [0.1, 0.15) is 10.7 Å². The zero-order valence-electron chi connectivity index (χ0n) is 10.4. The number of hydrogen-bond acceptors (Lipinski definition) is 5. The van der Waals surface area contributed by atoms with E-state index in [0.717, 1.165) is 0 Å². The Hall–Kier alpha value is -1.18. The van der Waals surface area contributed by atoms with Crippen molar-refractivity contribution in [2.45, 2.75) is 31.0 Å². The van der Waals surface area contributed by atoms with Crippen LogP contribution in [0.5, 0.6) is 0 Å². The molecule has 1 aliphatic heterocycles. The van der Waals surface area contributed by atoms with Crippen LogP contribution in [-0.2, 0) is 14.8 Å². The Labute approximate surface area is 107 Å². The normalized spacial score (nSPS) is 26.1. The molecule has 0 radical (unpaired) electrons. The van der Waals surface area contributed by atoms with Crippen molar-refractivity contribution in [3.8, 4) is 0 Å². The summed E-state index contributed by atoms with van der Waals surface area (Å²) in [6.45, 7) is 4.44. The van der Waals surface area contributed by atoms with E-state index in [9.17, 15) is 8.42 Å². The smallest absolute Gasteiger partial charge is 0.244 e. The fraction of sp³-hybridized carbons (Fsp3) is 0.545. The Morgan fingerprint density at radius 1 is 1.33 bits per heavy atom. The number of rotatable bonds is 2. The van der Waals surface area contributed by atoms with Crippen molar-refractivity contribution >= 4 is 15.8 Å². The maximum atomic E-state index is 12.4. The van der Waals surface area contributed by atoms with E-state index in [1.807, 2.05) is 13.8 Å². The van der Waals surface area contributed by atoms with E-state index in [0.29, 0.717) is 18.9 Å². The van der Waals surface area contributed by atoms with Gasteiger partial charge in [0.05, 0.1) is 12.2 Å². The molecule has 2 heterocycles.